The molecule has 2 N–H and O–H groups in total. The molecule has 0 saturated heterocycles. The van der Waals surface area contributed by atoms with Crippen LogP contribution in [0, 0.1) is 6.92 Å². The number of hydrogen-bond acceptors (Lipinski definition) is 3. The number of aromatic nitrogens is 2. The number of hydrogen-bond donors (Lipinski definition) is 2. The van der Waals surface area contributed by atoms with Crippen molar-refractivity contribution in [2.45, 2.75) is 6.92 Å². The van der Waals surface area contributed by atoms with Gasteiger partial charge in [-0.15, -0.1) is 0 Å². The number of ketones is 1. The van der Waals surface area contributed by atoms with E-state index in [-0.39, 0.29) is 12.3 Å². The van der Waals surface area contributed by atoms with Crippen LogP contribution in [-0.4, -0.2) is 33.3 Å². The van der Waals surface area contributed by atoms with Gasteiger partial charge in [-0.25, -0.2) is 4.79 Å². The maximum absolute atomic E-state index is 11.4. The third-order valence-corrected chi connectivity index (χ3v) is 1.71. The second-order valence-corrected chi connectivity index (χ2v) is 2.88. The van der Waals surface area contributed by atoms with Gasteiger partial charge >= 0.3 is 6.09 Å². The van der Waals surface area contributed by atoms with Gasteiger partial charge in [0.1, 0.15) is 0 Å². The molecule has 0 aromatic carbocycles. The third kappa shape index (κ3) is 2.32. The molecule has 14 heavy (non-hydrogen) atoms. The average molecular weight is 197 g/mol. The summed E-state index contributed by atoms with van der Waals surface area (Å²) in [6.07, 6.45) is 0.362. The maximum atomic E-state index is 11.4. The zero-order chi connectivity index (χ0) is 10.7. The van der Waals surface area contributed by atoms with E-state index < -0.39 is 6.09 Å². The van der Waals surface area contributed by atoms with Crippen LogP contribution in [0.1, 0.15) is 16.1 Å². The van der Waals surface area contributed by atoms with Gasteiger partial charge in [0.2, 0.25) is 0 Å². The van der Waals surface area contributed by atoms with E-state index in [9.17, 15) is 9.59 Å². The van der Waals surface area contributed by atoms with Crippen LogP contribution in [0.4, 0.5) is 4.79 Å². The first kappa shape index (κ1) is 10.2. The Morgan fingerprint density at radius 1 is 1.64 bits per heavy atom. The Kier molecular flexibility index (Phi) is 2.85. The minimum absolute atomic E-state index is 0.220. The van der Waals surface area contributed by atoms with Crippen LogP contribution in [0.25, 0.3) is 0 Å². The predicted molar refractivity (Wildman–Crippen MR) is 48.3 cm³/mol. The van der Waals surface area contributed by atoms with Gasteiger partial charge in [0.15, 0.2) is 5.78 Å². The molecular weight excluding hydrogens is 186 g/mol. The van der Waals surface area contributed by atoms with Crippen LogP contribution in [0.5, 0.6) is 0 Å². The Bertz CT molecular complexity index is 370. The first-order valence-electron chi connectivity index (χ1n) is 4.01. The number of carboxylic acid groups (broad SMARTS) is 1. The molecule has 0 spiro atoms. The van der Waals surface area contributed by atoms with Crippen molar-refractivity contribution in [3.63, 3.8) is 0 Å². The lowest BCUT2D eigenvalue weighted by Gasteiger charge is -1.98. The molecule has 1 aromatic rings. The number of carbonyl (C=O) groups is 2. The van der Waals surface area contributed by atoms with Gasteiger partial charge in [-0.05, 0) is 6.92 Å². The molecule has 1 amide bonds. The van der Waals surface area contributed by atoms with E-state index in [1.807, 2.05) is 5.32 Å². The molecule has 0 bridgehead atoms. The summed E-state index contributed by atoms with van der Waals surface area (Å²) < 4.78 is 1.52. The van der Waals surface area contributed by atoms with Gasteiger partial charge in [-0.2, -0.15) is 5.10 Å². The minimum Gasteiger partial charge on any atom is -0.465 e. The van der Waals surface area contributed by atoms with E-state index in [1.54, 1.807) is 20.2 Å². The van der Waals surface area contributed by atoms with Crippen molar-refractivity contribution in [2.24, 2.45) is 7.05 Å². The van der Waals surface area contributed by atoms with Gasteiger partial charge in [0.25, 0.3) is 0 Å². The van der Waals surface area contributed by atoms with Gasteiger partial charge in [0, 0.05) is 13.2 Å². The lowest BCUT2D eigenvalue weighted by Crippen LogP contribution is -2.27. The summed E-state index contributed by atoms with van der Waals surface area (Å²) >= 11 is 0. The van der Waals surface area contributed by atoms with Gasteiger partial charge < -0.3 is 10.4 Å². The normalized spacial score (nSPS) is 9.86. The fraction of sp³-hybridized carbons (Fsp3) is 0.375. The summed E-state index contributed by atoms with van der Waals surface area (Å²) in [5.41, 5.74) is 1.05. The van der Waals surface area contributed by atoms with Crippen molar-refractivity contribution in [1.82, 2.24) is 15.1 Å². The summed E-state index contributed by atoms with van der Waals surface area (Å²) in [5, 5.41) is 14.3. The molecule has 0 aliphatic carbocycles. The third-order valence-electron chi connectivity index (χ3n) is 1.71. The Hall–Kier alpha value is -1.85. The molecule has 0 atom stereocenters. The van der Waals surface area contributed by atoms with Gasteiger partial charge in [0.05, 0.1) is 17.8 Å². The van der Waals surface area contributed by atoms with Gasteiger partial charge in [-0.1, -0.05) is 0 Å². The summed E-state index contributed by atoms with van der Waals surface area (Å²) in [6.45, 7) is 1.48. The van der Waals surface area contributed by atoms with Crippen molar-refractivity contribution in [1.29, 1.82) is 0 Å². The van der Waals surface area contributed by atoms with Crippen LogP contribution in [0.2, 0.25) is 0 Å². The first-order valence-corrected chi connectivity index (χ1v) is 4.01. The second-order valence-electron chi connectivity index (χ2n) is 2.88. The number of aryl methyl sites for hydroxylation is 2. The molecule has 0 aliphatic heterocycles. The predicted octanol–water partition coefficient (Wildman–Crippen LogP) is 0.179. The van der Waals surface area contributed by atoms with E-state index in [4.69, 9.17) is 5.11 Å². The van der Waals surface area contributed by atoms with E-state index >= 15 is 0 Å². The summed E-state index contributed by atoms with van der Waals surface area (Å²) in [4.78, 5) is 21.5. The molecule has 6 heteroatoms. The first-order chi connectivity index (χ1) is 6.50. The number of nitrogens with one attached hydrogen (secondary N) is 1. The quantitative estimate of drug-likeness (QED) is 0.677. The number of nitrogens with zero attached hydrogens (tertiary/aromatic N) is 2. The molecule has 76 valence electrons. The highest BCUT2D eigenvalue weighted by Crippen LogP contribution is 2.04. The minimum atomic E-state index is -1.21. The monoisotopic (exact) mass is 197 g/mol. The van der Waals surface area contributed by atoms with E-state index in [0.29, 0.717) is 11.3 Å². The smallest absolute Gasteiger partial charge is 0.405 e. The Labute approximate surface area is 80.5 Å². The Morgan fingerprint density at radius 3 is 2.71 bits per heavy atom. The van der Waals surface area contributed by atoms with Crippen LogP contribution in [0.3, 0.4) is 0 Å². The van der Waals surface area contributed by atoms with Gasteiger partial charge in [-0.3, -0.25) is 9.48 Å². The molecule has 0 fully saturated rings. The van der Waals surface area contributed by atoms with Crippen molar-refractivity contribution in [2.75, 3.05) is 6.54 Å². The number of amides is 1. The van der Waals surface area contributed by atoms with Crippen LogP contribution in [0.15, 0.2) is 6.20 Å². The SMILES string of the molecule is Cc1nn(C)cc1C(=O)CNC(=O)O. The highest BCUT2D eigenvalue weighted by Gasteiger charge is 2.12. The number of rotatable bonds is 3. The molecular formula is C8H11N3O3. The molecule has 6 nitrogen and oxygen atoms in total. The lowest BCUT2D eigenvalue weighted by atomic mass is 10.2. The van der Waals surface area contributed by atoms with Crippen LogP contribution in [-0.2, 0) is 7.05 Å². The Morgan fingerprint density at radius 2 is 2.29 bits per heavy atom. The fourth-order valence-electron chi connectivity index (χ4n) is 1.12. The molecule has 0 unspecified atom stereocenters. The van der Waals surface area contributed by atoms with Crippen molar-refractivity contribution in [3.05, 3.63) is 17.5 Å². The lowest BCUT2D eigenvalue weighted by molar-refractivity contribution is 0.0986. The second kappa shape index (κ2) is 3.91. The average Bonchev–Trinajstić information content (AvgIpc) is 2.41. The van der Waals surface area contributed by atoms with E-state index in [2.05, 4.69) is 5.10 Å². The number of Topliss-reactive ketones (excluding diaryl/α,β-unsaturated/α-hetero) is 1. The summed E-state index contributed by atoms with van der Waals surface area (Å²) in [6, 6.07) is 0. The van der Waals surface area contributed by atoms with Crippen LogP contribution >= 0.6 is 0 Å². The number of carbonyl (C=O) groups excluding carboxylic acids is 1. The standard InChI is InChI=1S/C8H11N3O3/c1-5-6(4-11(2)10-5)7(12)3-9-8(13)14/h4,9H,3H2,1-2H3,(H,13,14). The molecule has 1 heterocycles. The molecule has 1 rings (SSSR count). The zero-order valence-electron chi connectivity index (χ0n) is 7.94. The Balaban J connectivity index is 2.69. The molecule has 0 radical (unpaired) electrons. The van der Waals surface area contributed by atoms with E-state index in [0.717, 1.165) is 0 Å². The van der Waals surface area contributed by atoms with Crippen LogP contribution < -0.4 is 5.32 Å². The summed E-state index contributed by atoms with van der Waals surface area (Å²) in [5.74, 6) is -0.280. The zero-order valence-corrected chi connectivity index (χ0v) is 7.94. The maximum Gasteiger partial charge on any atom is 0.405 e. The topological polar surface area (TPSA) is 84.2 Å². The molecule has 1 aromatic heterocycles. The highest BCUT2D eigenvalue weighted by atomic mass is 16.4. The highest BCUT2D eigenvalue weighted by molar-refractivity contribution is 5.99. The molecule has 0 saturated carbocycles. The molecule has 0 aliphatic rings. The fourth-order valence-corrected chi connectivity index (χ4v) is 1.12. The van der Waals surface area contributed by atoms with Crippen molar-refractivity contribution in [3.8, 4) is 0 Å². The largest absolute Gasteiger partial charge is 0.465 e. The summed E-state index contributed by atoms with van der Waals surface area (Å²) in [7, 11) is 1.70. The van der Waals surface area contributed by atoms with Crippen molar-refractivity contribution < 1.29 is 14.7 Å². The van der Waals surface area contributed by atoms with E-state index in [1.165, 1.54) is 4.68 Å². The van der Waals surface area contributed by atoms with Crippen molar-refractivity contribution >= 4 is 11.9 Å².